The van der Waals surface area contributed by atoms with Gasteiger partial charge in [-0.05, 0) is 27.5 Å². The molecular formula is C19H30NP. The van der Waals surface area contributed by atoms with Crippen molar-refractivity contribution in [1.29, 1.82) is 0 Å². The summed E-state index contributed by atoms with van der Waals surface area (Å²) in [6, 6.07) is 17.2. The molecule has 3 rings (SSSR count). The van der Waals surface area contributed by atoms with E-state index in [9.17, 15) is 0 Å². The number of benzene rings is 2. The van der Waals surface area contributed by atoms with Crippen LogP contribution < -0.4 is 0 Å². The quantitative estimate of drug-likeness (QED) is 0.429. The van der Waals surface area contributed by atoms with E-state index in [-0.39, 0.29) is 0 Å². The van der Waals surface area contributed by atoms with Crippen LogP contribution in [0, 0.1) is 0 Å². The summed E-state index contributed by atoms with van der Waals surface area (Å²) in [4.78, 5) is 0. The highest BCUT2D eigenvalue weighted by Gasteiger charge is 2.06. The highest BCUT2D eigenvalue weighted by molar-refractivity contribution is 7.35. The zero-order valence-electron chi connectivity index (χ0n) is 14.6. The topological polar surface area (TPSA) is 4.93 Å². The van der Waals surface area contributed by atoms with Crippen LogP contribution in [-0.2, 0) is 0 Å². The first kappa shape index (κ1) is 19.7. The molecule has 3 aromatic rings. The van der Waals surface area contributed by atoms with Crippen LogP contribution in [0.2, 0.25) is 0 Å². The molecule has 1 heterocycles. The second-order valence-electron chi connectivity index (χ2n) is 3.59. The van der Waals surface area contributed by atoms with E-state index >= 15 is 0 Å². The summed E-state index contributed by atoms with van der Waals surface area (Å²) in [5.41, 5.74) is 2.69. The van der Waals surface area contributed by atoms with Crippen molar-refractivity contribution in [3.8, 4) is 0 Å². The highest BCUT2D eigenvalue weighted by atomic mass is 31.1. The van der Waals surface area contributed by atoms with Gasteiger partial charge in [-0.25, -0.2) is 0 Å². The van der Waals surface area contributed by atoms with Gasteiger partial charge < -0.3 is 4.34 Å². The van der Waals surface area contributed by atoms with Crippen molar-refractivity contribution in [2.45, 2.75) is 41.5 Å². The zero-order valence-corrected chi connectivity index (χ0v) is 15.6. The summed E-state index contributed by atoms with van der Waals surface area (Å²) >= 11 is 0. The summed E-state index contributed by atoms with van der Waals surface area (Å²) in [5, 5.41) is 2.73. The van der Waals surface area contributed by atoms with Crippen molar-refractivity contribution < 1.29 is 0 Å². The van der Waals surface area contributed by atoms with Crippen LogP contribution in [0.5, 0.6) is 0 Å². The summed E-state index contributed by atoms with van der Waals surface area (Å²) in [6.07, 6.45) is 0. The van der Waals surface area contributed by atoms with Gasteiger partial charge in [-0.1, -0.05) is 77.9 Å². The Morgan fingerprint density at radius 2 is 0.952 bits per heavy atom. The van der Waals surface area contributed by atoms with Crippen molar-refractivity contribution >= 4 is 30.5 Å². The monoisotopic (exact) mass is 303 g/mol. The van der Waals surface area contributed by atoms with E-state index in [1.54, 1.807) is 0 Å². The maximum absolute atomic E-state index is 2.39. The summed E-state index contributed by atoms with van der Waals surface area (Å²) < 4.78 is 2.39. The molecule has 1 unspecified atom stereocenters. The van der Waals surface area contributed by atoms with Gasteiger partial charge in [0.25, 0.3) is 0 Å². The fraction of sp³-hybridized carbons (Fsp3) is 0.368. The Bertz CT molecular complexity index is 572. The molecule has 0 fully saturated rings. The lowest BCUT2D eigenvalue weighted by molar-refractivity contribution is 1.41. The molecule has 0 amide bonds. The Labute approximate surface area is 132 Å². The molecule has 2 heteroatoms. The van der Waals surface area contributed by atoms with Crippen LogP contribution >= 0.6 is 8.73 Å². The second-order valence-corrected chi connectivity index (χ2v) is 4.49. The first-order valence-electron chi connectivity index (χ1n) is 8.08. The lowest BCUT2D eigenvalue weighted by atomic mass is 10.2. The van der Waals surface area contributed by atoms with Crippen LogP contribution in [0.1, 0.15) is 41.5 Å². The van der Waals surface area contributed by atoms with Gasteiger partial charge in [-0.15, -0.1) is 0 Å². The number of aromatic nitrogens is 1. The van der Waals surface area contributed by atoms with Crippen LogP contribution in [0.3, 0.4) is 0 Å². The van der Waals surface area contributed by atoms with Crippen molar-refractivity contribution in [3.63, 3.8) is 0 Å². The number of hydrogen-bond acceptors (Lipinski definition) is 0. The van der Waals surface area contributed by atoms with Gasteiger partial charge in [0.2, 0.25) is 0 Å². The fourth-order valence-corrected chi connectivity index (χ4v) is 3.04. The number of rotatable bonds is 1. The lowest BCUT2D eigenvalue weighted by Crippen LogP contribution is -1.80. The first-order chi connectivity index (χ1) is 10.4. The average molecular weight is 303 g/mol. The fourth-order valence-electron chi connectivity index (χ4n) is 2.16. The largest absolute Gasteiger partial charge is 0.322 e. The molecule has 0 aliphatic rings. The van der Waals surface area contributed by atoms with Gasteiger partial charge in [0.15, 0.2) is 0 Å². The van der Waals surface area contributed by atoms with Crippen molar-refractivity contribution in [1.82, 2.24) is 4.34 Å². The highest BCUT2D eigenvalue weighted by Crippen LogP contribution is 2.32. The molecule has 0 saturated heterocycles. The minimum atomic E-state index is 0.779. The molecule has 0 saturated carbocycles. The van der Waals surface area contributed by atoms with E-state index in [4.69, 9.17) is 0 Å². The molecule has 1 atom stereocenters. The normalized spacial score (nSPS) is 9.48. The zero-order chi connectivity index (χ0) is 16.3. The average Bonchev–Trinajstić information content (AvgIpc) is 2.94. The standard InChI is InChI=1S/C13H12NP.3C2H6/c1-15-14-12-8-4-2-6-10(12)11-7-3-5-9-13(11)14;3*1-2/h2-9,15H,1H3;3*1-2H3. The molecule has 1 aromatic heterocycles. The summed E-state index contributed by atoms with van der Waals surface area (Å²) in [7, 11) is 0.779. The predicted molar refractivity (Wildman–Crippen MR) is 103 cm³/mol. The van der Waals surface area contributed by atoms with E-state index in [0.29, 0.717) is 0 Å². The maximum atomic E-state index is 2.39. The molecule has 2 aromatic carbocycles. The smallest absolute Gasteiger partial charge is 0.0523 e. The number of hydrogen-bond donors (Lipinski definition) is 0. The van der Waals surface area contributed by atoms with Crippen molar-refractivity contribution in [2.75, 3.05) is 6.66 Å². The number of nitrogens with zero attached hydrogens (tertiary/aromatic N) is 1. The Balaban J connectivity index is 0.000000598. The van der Waals surface area contributed by atoms with Gasteiger partial charge >= 0.3 is 0 Å². The molecule has 21 heavy (non-hydrogen) atoms. The SMILES string of the molecule is CC.CC.CC.CPn1c2ccccc2c2ccccc21. The third-order valence-electron chi connectivity index (χ3n) is 2.80. The molecule has 0 spiro atoms. The van der Waals surface area contributed by atoms with E-state index in [1.807, 2.05) is 41.5 Å². The van der Waals surface area contributed by atoms with E-state index < -0.39 is 0 Å². The van der Waals surface area contributed by atoms with Crippen molar-refractivity contribution in [3.05, 3.63) is 48.5 Å². The minimum Gasteiger partial charge on any atom is -0.322 e. The minimum absolute atomic E-state index is 0.779. The Hall–Kier alpha value is -1.33. The van der Waals surface area contributed by atoms with E-state index in [2.05, 4.69) is 59.5 Å². The predicted octanol–water partition coefficient (Wildman–Crippen LogP) is 6.94. The molecule has 116 valence electrons. The Morgan fingerprint density at radius 1 is 0.619 bits per heavy atom. The van der Waals surface area contributed by atoms with Crippen LogP contribution in [0.4, 0.5) is 0 Å². The van der Waals surface area contributed by atoms with Gasteiger partial charge in [-0.3, -0.25) is 0 Å². The molecule has 1 nitrogen and oxygen atoms in total. The van der Waals surface area contributed by atoms with Gasteiger partial charge in [-0.2, -0.15) is 0 Å². The maximum Gasteiger partial charge on any atom is 0.0523 e. The second kappa shape index (κ2) is 11.3. The first-order valence-corrected chi connectivity index (χ1v) is 9.52. The van der Waals surface area contributed by atoms with Crippen LogP contribution in [0.15, 0.2) is 48.5 Å². The molecule has 0 bridgehead atoms. The Morgan fingerprint density at radius 3 is 1.29 bits per heavy atom. The van der Waals surface area contributed by atoms with Gasteiger partial charge in [0, 0.05) is 10.8 Å². The number of para-hydroxylation sites is 2. The van der Waals surface area contributed by atoms with Gasteiger partial charge in [0.1, 0.15) is 0 Å². The van der Waals surface area contributed by atoms with Crippen LogP contribution in [0.25, 0.3) is 21.8 Å². The summed E-state index contributed by atoms with van der Waals surface area (Å²) in [5.74, 6) is 0. The molecule has 0 aliphatic carbocycles. The third-order valence-corrected chi connectivity index (χ3v) is 3.73. The lowest BCUT2D eigenvalue weighted by Gasteiger charge is -2.01. The third kappa shape index (κ3) is 4.32. The Kier molecular flexibility index (Phi) is 10.6. The van der Waals surface area contributed by atoms with Crippen LogP contribution in [-0.4, -0.2) is 11.0 Å². The molecular weight excluding hydrogens is 273 g/mol. The van der Waals surface area contributed by atoms with Gasteiger partial charge in [0.05, 0.1) is 11.0 Å². The van der Waals surface area contributed by atoms with E-state index in [0.717, 1.165) is 8.73 Å². The van der Waals surface area contributed by atoms with E-state index in [1.165, 1.54) is 21.8 Å². The van der Waals surface area contributed by atoms with Crippen molar-refractivity contribution in [2.24, 2.45) is 0 Å². The molecule has 0 N–H and O–H groups in total. The number of fused-ring (bicyclic) bond motifs is 3. The molecule has 0 radical (unpaired) electrons. The summed E-state index contributed by atoms with van der Waals surface area (Å²) in [6.45, 7) is 14.2. The molecule has 0 aliphatic heterocycles.